The molecule has 1 heterocycles. The molecule has 5 heteroatoms. The molecule has 0 aliphatic heterocycles. The molecule has 0 bridgehead atoms. The van der Waals surface area contributed by atoms with Gasteiger partial charge in [-0.25, -0.2) is 9.78 Å². The van der Waals surface area contributed by atoms with E-state index in [1.807, 2.05) is 0 Å². The van der Waals surface area contributed by atoms with Crippen molar-refractivity contribution >= 4 is 28.7 Å². The molecule has 1 aliphatic carbocycles. The highest BCUT2D eigenvalue weighted by Gasteiger charge is 2.21. The van der Waals surface area contributed by atoms with E-state index in [0.717, 1.165) is 36.0 Å². The molecule has 0 unspecified atom stereocenters. The number of carboxylic acids is 1. The second-order valence-electron chi connectivity index (χ2n) is 5.19. The number of rotatable bonds is 3. The van der Waals surface area contributed by atoms with E-state index >= 15 is 0 Å². The monoisotopic (exact) mass is 315 g/mol. The SMILES string of the molecule is O=C(O)c1cccc(C2=C(c3ccc(Cl)cc3O)CCC2)n1. The van der Waals surface area contributed by atoms with Crippen molar-refractivity contribution in [1.82, 2.24) is 4.98 Å². The number of nitrogens with zero attached hydrogens (tertiary/aromatic N) is 1. The Morgan fingerprint density at radius 3 is 2.64 bits per heavy atom. The van der Waals surface area contributed by atoms with Crippen LogP contribution in [0.15, 0.2) is 36.4 Å². The Morgan fingerprint density at radius 2 is 1.91 bits per heavy atom. The molecule has 1 aromatic heterocycles. The summed E-state index contributed by atoms with van der Waals surface area (Å²) < 4.78 is 0. The molecule has 0 fully saturated rings. The maximum absolute atomic E-state index is 11.1. The number of aromatic nitrogens is 1. The zero-order valence-electron chi connectivity index (χ0n) is 11.7. The molecular weight excluding hydrogens is 302 g/mol. The predicted molar refractivity (Wildman–Crippen MR) is 85.0 cm³/mol. The van der Waals surface area contributed by atoms with Crippen molar-refractivity contribution in [2.24, 2.45) is 0 Å². The standard InChI is InChI=1S/C17H14ClNO3/c18-10-7-8-13(16(20)9-10)11-3-1-4-12(11)14-5-2-6-15(19-14)17(21)22/h2,5-9,20H,1,3-4H2,(H,21,22). The summed E-state index contributed by atoms with van der Waals surface area (Å²) in [6, 6.07) is 10.0. The normalized spacial score (nSPS) is 14.4. The Morgan fingerprint density at radius 1 is 1.14 bits per heavy atom. The van der Waals surface area contributed by atoms with Crippen LogP contribution >= 0.6 is 11.6 Å². The van der Waals surface area contributed by atoms with Gasteiger partial charge in [-0.05, 0) is 60.7 Å². The first-order valence-corrected chi connectivity index (χ1v) is 7.35. The summed E-state index contributed by atoms with van der Waals surface area (Å²) in [5.74, 6) is -0.910. The molecule has 3 rings (SSSR count). The Kier molecular flexibility index (Phi) is 3.86. The van der Waals surface area contributed by atoms with Gasteiger partial charge in [-0.2, -0.15) is 0 Å². The number of hydrogen-bond donors (Lipinski definition) is 2. The van der Waals surface area contributed by atoms with Crippen molar-refractivity contribution < 1.29 is 15.0 Å². The second-order valence-corrected chi connectivity index (χ2v) is 5.62. The van der Waals surface area contributed by atoms with E-state index in [0.29, 0.717) is 10.7 Å². The molecule has 4 nitrogen and oxygen atoms in total. The number of phenolic OH excluding ortho intramolecular Hbond substituents is 1. The number of halogens is 1. The molecule has 0 atom stereocenters. The third-order valence-corrected chi connectivity index (χ3v) is 4.02. The molecule has 2 aromatic rings. The van der Waals surface area contributed by atoms with Crippen LogP contribution in [0, 0.1) is 0 Å². The highest BCUT2D eigenvalue weighted by Crippen LogP contribution is 2.42. The number of phenols is 1. The van der Waals surface area contributed by atoms with Crippen LogP contribution in [0.2, 0.25) is 5.02 Å². The van der Waals surface area contributed by atoms with Crippen molar-refractivity contribution in [3.63, 3.8) is 0 Å². The number of aromatic hydroxyl groups is 1. The van der Waals surface area contributed by atoms with E-state index in [-0.39, 0.29) is 11.4 Å². The largest absolute Gasteiger partial charge is 0.507 e. The lowest BCUT2D eigenvalue weighted by molar-refractivity contribution is 0.0690. The first-order chi connectivity index (χ1) is 10.6. The molecule has 0 spiro atoms. The van der Waals surface area contributed by atoms with E-state index in [9.17, 15) is 9.90 Å². The van der Waals surface area contributed by atoms with Crippen LogP contribution in [0.25, 0.3) is 11.1 Å². The predicted octanol–water partition coefficient (Wildman–Crippen LogP) is 4.23. The average Bonchev–Trinajstić information content (AvgIpc) is 2.96. The summed E-state index contributed by atoms with van der Waals surface area (Å²) in [5.41, 5.74) is 3.41. The van der Waals surface area contributed by atoms with Crippen molar-refractivity contribution in [1.29, 1.82) is 0 Å². The first kappa shape index (κ1) is 14.6. The molecule has 0 amide bonds. The van der Waals surface area contributed by atoms with E-state index in [1.54, 1.807) is 24.3 Å². The number of pyridine rings is 1. The number of allylic oxidation sites excluding steroid dienone is 2. The van der Waals surface area contributed by atoms with Crippen LogP contribution in [0.4, 0.5) is 0 Å². The molecule has 2 N–H and O–H groups in total. The van der Waals surface area contributed by atoms with Gasteiger partial charge in [-0.1, -0.05) is 17.7 Å². The van der Waals surface area contributed by atoms with E-state index < -0.39 is 5.97 Å². The summed E-state index contributed by atoms with van der Waals surface area (Å²) in [5, 5.41) is 19.7. The smallest absolute Gasteiger partial charge is 0.354 e. The number of aromatic carboxylic acids is 1. The van der Waals surface area contributed by atoms with Crippen LogP contribution < -0.4 is 0 Å². The number of carboxylic acid groups (broad SMARTS) is 1. The van der Waals surface area contributed by atoms with Gasteiger partial charge in [0.05, 0.1) is 5.69 Å². The van der Waals surface area contributed by atoms with Gasteiger partial charge in [0.1, 0.15) is 11.4 Å². The van der Waals surface area contributed by atoms with Crippen molar-refractivity contribution in [3.05, 3.63) is 58.4 Å². The lowest BCUT2D eigenvalue weighted by Gasteiger charge is -2.10. The van der Waals surface area contributed by atoms with Gasteiger partial charge < -0.3 is 10.2 Å². The minimum absolute atomic E-state index is 0.0246. The van der Waals surface area contributed by atoms with Gasteiger partial charge in [0.2, 0.25) is 0 Å². The highest BCUT2D eigenvalue weighted by atomic mass is 35.5. The number of hydrogen-bond acceptors (Lipinski definition) is 3. The lowest BCUT2D eigenvalue weighted by Crippen LogP contribution is -2.02. The summed E-state index contributed by atoms with van der Waals surface area (Å²) >= 11 is 5.88. The maximum atomic E-state index is 11.1. The molecule has 0 saturated carbocycles. The number of carbonyl (C=O) groups is 1. The van der Waals surface area contributed by atoms with E-state index in [4.69, 9.17) is 16.7 Å². The minimum atomic E-state index is -1.05. The Balaban J connectivity index is 2.11. The van der Waals surface area contributed by atoms with Crippen molar-refractivity contribution in [3.8, 4) is 5.75 Å². The van der Waals surface area contributed by atoms with Gasteiger partial charge in [0.25, 0.3) is 0 Å². The van der Waals surface area contributed by atoms with E-state index in [1.165, 1.54) is 12.1 Å². The lowest BCUT2D eigenvalue weighted by atomic mass is 9.99. The summed E-state index contributed by atoms with van der Waals surface area (Å²) in [7, 11) is 0. The highest BCUT2D eigenvalue weighted by molar-refractivity contribution is 6.30. The molecule has 0 radical (unpaired) electrons. The van der Waals surface area contributed by atoms with Gasteiger partial charge in [0, 0.05) is 10.6 Å². The van der Waals surface area contributed by atoms with Crippen molar-refractivity contribution in [2.75, 3.05) is 0 Å². The molecule has 112 valence electrons. The Bertz CT molecular complexity index is 783. The average molecular weight is 316 g/mol. The zero-order valence-corrected chi connectivity index (χ0v) is 12.5. The quantitative estimate of drug-likeness (QED) is 0.889. The van der Waals surface area contributed by atoms with Crippen LogP contribution in [0.3, 0.4) is 0 Å². The summed E-state index contributed by atoms with van der Waals surface area (Å²) in [4.78, 5) is 15.3. The van der Waals surface area contributed by atoms with Gasteiger partial charge in [-0.15, -0.1) is 0 Å². The summed E-state index contributed by atoms with van der Waals surface area (Å²) in [6.07, 6.45) is 2.59. The fraction of sp³-hybridized carbons (Fsp3) is 0.176. The van der Waals surface area contributed by atoms with Crippen LogP contribution in [0.1, 0.15) is 41.0 Å². The topological polar surface area (TPSA) is 70.4 Å². The molecule has 0 saturated heterocycles. The van der Waals surface area contributed by atoms with Gasteiger partial charge in [0.15, 0.2) is 0 Å². The molecular formula is C17H14ClNO3. The molecule has 1 aromatic carbocycles. The van der Waals surface area contributed by atoms with Gasteiger partial charge in [-0.3, -0.25) is 0 Å². The van der Waals surface area contributed by atoms with E-state index in [2.05, 4.69) is 4.98 Å². The molecule has 22 heavy (non-hydrogen) atoms. The second kappa shape index (κ2) is 5.81. The Labute approximate surface area is 132 Å². The van der Waals surface area contributed by atoms with Gasteiger partial charge >= 0.3 is 5.97 Å². The Hall–Kier alpha value is -2.33. The summed E-state index contributed by atoms with van der Waals surface area (Å²) in [6.45, 7) is 0. The first-order valence-electron chi connectivity index (χ1n) is 6.98. The third kappa shape index (κ3) is 2.70. The fourth-order valence-corrected chi connectivity index (χ4v) is 2.97. The van der Waals surface area contributed by atoms with Crippen LogP contribution in [0.5, 0.6) is 5.75 Å². The fourth-order valence-electron chi connectivity index (χ4n) is 2.81. The molecule has 1 aliphatic rings. The third-order valence-electron chi connectivity index (χ3n) is 3.78. The van der Waals surface area contributed by atoms with Crippen LogP contribution in [-0.2, 0) is 0 Å². The van der Waals surface area contributed by atoms with Crippen molar-refractivity contribution in [2.45, 2.75) is 19.3 Å². The number of benzene rings is 1. The zero-order chi connectivity index (χ0) is 15.7. The van der Waals surface area contributed by atoms with Crippen LogP contribution in [-0.4, -0.2) is 21.2 Å². The maximum Gasteiger partial charge on any atom is 0.354 e. The minimum Gasteiger partial charge on any atom is -0.507 e.